The number of unbranched alkanes of at least 4 members (excludes halogenated alkanes) is 1. The number of nitrogens with one attached hydrogen (secondary N) is 1. The van der Waals surface area contributed by atoms with Crippen molar-refractivity contribution in [2.45, 2.75) is 32.9 Å². The highest BCUT2D eigenvalue weighted by molar-refractivity contribution is 7.89. The van der Waals surface area contributed by atoms with Crippen LogP contribution in [-0.4, -0.2) is 42.3 Å². The molecule has 1 aliphatic heterocycles. The molecule has 0 bridgehead atoms. The summed E-state index contributed by atoms with van der Waals surface area (Å²) in [7, 11) is -3.23. The van der Waals surface area contributed by atoms with Gasteiger partial charge in [-0.3, -0.25) is 0 Å². The second kappa shape index (κ2) is 7.45. The van der Waals surface area contributed by atoms with Crippen molar-refractivity contribution in [3.05, 3.63) is 24.3 Å². The van der Waals surface area contributed by atoms with Crippen LogP contribution in [-0.2, 0) is 27.9 Å². The largest absolute Gasteiger partial charge is 0.472 e. The van der Waals surface area contributed by atoms with Crippen LogP contribution in [0.2, 0.25) is 0 Å². The van der Waals surface area contributed by atoms with E-state index in [1.807, 2.05) is 13.0 Å². The molecule has 1 atom stereocenters. The zero-order chi connectivity index (χ0) is 17.0. The van der Waals surface area contributed by atoms with Crippen molar-refractivity contribution < 1.29 is 17.6 Å². The highest BCUT2D eigenvalue weighted by Crippen LogP contribution is 2.24. The van der Waals surface area contributed by atoms with Gasteiger partial charge in [-0.2, -0.15) is 0 Å². The molecule has 132 valence electrons. The Labute approximate surface area is 141 Å². The molecular weight excluding hydrogens is 332 g/mol. The van der Waals surface area contributed by atoms with Gasteiger partial charge in [-0.25, -0.2) is 17.8 Å². The Morgan fingerprint density at radius 2 is 2.33 bits per heavy atom. The van der Waals surface area contributed by atoms with Crippen LogP contribution < -0.4 is 4.72 Å². The van der Waals surface area contributed by atoms with Crippen LogP contribution in [0.4, 0.5) is 0 Å². The quantitative estimate of drug-likeness (QED) is 0.807. The first-order valence-electron chi connectivity index (χ1n) is 8.09. The van der Waals surface area contributed by atoms with Crippen molar-refractivity contribution in [2.24, 2.45) is 5.92 Å². The monoisotopic (exact) mass is 354 g/mol. The number of furan rings is 1. The van der Waals surface area contributed by atoms with Gasteiger partial charge in [0, 0.05) is 24.6 Å². The van der Waals surface area contributed by atoms with Gasteiger partial charge < -0.3 is 9.15 Å². The zero-order valence-corrected chi connectivity index (χ0v) is 14.5. The smallest absolute Gasteiger partial charge is 0.211 e. The summed E-state index contributed by atoms with van der Waals surface area (Å²) in [6, 6.07) is 1.83. The molecular formula is C15H22N4O4S. The molecule has 0 amide bonds. The van der Waals surface area contributed by atoms with E-state index < -0.39 is 10.0 Å². The average Bonchev–Trinajstić information content (AvgIpc) is 3.17. The van der Waals surface area contributed by atoms with E-state index in [0.29, 0.717) is 32.7 Å². The number of aromatic nitrogens is 3. The van der Waals surface area contributed by atoms with E-state index in [1.54, 1.807) is 17.2 Å². The Balaban J connectivity index is 1.66. The Bertz CT molecular complexity index is 755. The lowest BCUT2D eigenvalue weighted by atomic mass is 10.1. The van der Waals surface area contributed by atoms with Gasteiger partial charge >= 0.3 is 0 Å². The summed E-state index contributed by atoms with van der Waals surface area (Å²) in [6.07, 6.45) is 4.73. The van der Waals surface area contributed by atoms with E-state index in [9.17, 15) is 8.42 Å². The molecule has 0 radical (unpaired) electrons. The summed E-state index contributed by atoms with van der Waals surface area (Å²) in [5, 5.41) is 8.38. The molecule has 3 heterocycles. The minimum atomic E-state index is -3.23. The molecule has 9 heteroatoms. The minimum absolute atomic E-state index is 0.0153. The van der Waals surface area contributed by atoms with Gasteiger partial charge in [-0.05, 0) is 12.5 Å². The fraction of sp³-hybridized carbons (Fsp3) is 0.600. The second-order valence-corrected chi connectivity index (χ2v) is 7.91. The molecule has 0 spiro atoms. The number of nitrogens with zero attached hydrogens (tertiary/aromatic N) is 3. The molecule has 0 aliphatic carbocycles. The first-order valence-corrected chi connectivity index (χ1v) is 9.74. The second-order valence-electron chi connectivity index (χ2n) is 5.98. The Morgan fingerprint density at radius 1 is 1.46 bits per heavy atom. The predicted molar refractivity (Wildman–Crippen MR) is 87.6 cm³/mol. The summed E-state index contributed by atoms with van der Waals surface area (Å²) in [5.74, 6) is 0.178. The molecule has 0 fully saturated rings. The van der Waals surface area contributed by atoms with Crippen LogP contribution in [0.15, 0.2) is 23.0 Å². The van der Waals surface area contributed by atoms with E-state index in [4.69, 9.17) is 9.15 Å². The maximum Gasteiger partial charge on any atom is 0.211 e. The maximum atomic E-state index is 11.9. The third-order valence-corrected chi connectivity index (χ3v) is 5.45. The topological polar surface area (TPSA) is 99.2 Å². The fourth-order valence-corrected chi connectivity index (χ4v) is 3.94. The van der Waals surface area contributed by atoms with Crippen LogP contribution >= 0.6 is 0 Å². The van der Waals surface area contributed by atoms with Gasteiger partial charge in [-0.1, -0.05) is 18.6 Å². The van der Waals surface area contributed by atoms with Crippen LogP contribution in [0.3, 0.4) is 0 Å². The van der Waals surface area contributed by atoms with Crippen molar-refractivity contribution in [1.82, 2.24) is 19.7 Å². The average molecular weight is 354 g/mol. The highest BCUT2D eigenvalue weighted by Gasteiger charge is 2.23. The van der Waals surface area contributed by atoms with Crippen LogP contribution in [0.5, 0.6) is 0 Å². The van der Waals surface area contributed by atoms with Gasteiger partial charge in [0.2, 0.25) is 10.0 Å². The predicted octanol–water partition coefficient (Wildman–Crippen LogP) is 1.40. The van der Waals surface area contributed by atoms with Crippen molar-refractivity contribution in [1.29, 1.82) is 0 Å². The first-order chi connectivity index (χ1) is 11.6. The lowest BCUT2D eigenvalue weighted by Crippen LogP contribution is -2.34. The van der Waals surface area contributed by atoms with E-state index >= 15 is 0 Å². The lowest BCUT2D eigenvalue weighted by molar-refractivity contribution is 0.0959. The summed E-state index contributed by atoms with van der Waals surface area (Å²) < 4.78 is 39.1. The summed E-state index contributed by atoms with van der Waals surface area (Å²) in [6.45, 7) is 3.75. The van der Waals surface area contributed by atoms with Crippen LogP contribution in [0.1, 0.15) is 25.5 Å². The zero-order valence-electron chi connectivity index (χ0n) is 13.6. The Hall–Kier alpha value is -1.71. The molecule has 2 aromatic heterocycles. The van der Waals surface area contributed by atoms with E-state index in [0.717, 1.165) is 23.4 Å². The Morgan fingerprint density at radius 3 is 3.08 bits per heavy atom. The van der Waals surface area contributed by atoms with Gasteiger partial charge in [0.15, 0.2) is 0 Å². The number of sulfonamides is 1. The van der Waals surface area contributed by atoms with Crippen molar-refractivity contribution in [3.8, 4) is 11.3 Å². The molecule has 2 aromatic rings. The molecule has 1 aliphatic rings. The lowest BCUT2D eigenvalue weighted by Gasteiger charge is -2.14. The number of ether oxygens (including phenoxy) is 1. The van der Waals surface area contributed by atoms with Gasteiger partial charge in [-0.15, -0.1) is 5.10 Å². The molecule has 8 nitrogen and oxygen atoms in total. The van der Waals surface area contributed by atoms with Crippen molar-refractivity contribution in [3.63, 3.8) is 0 Å². The van der Waals surface area contributed by atoms with Crippen LogP contribution in [0, 0.1) is 5.92 Å². The standard InChI is InChI=1S/C15H22N4O4S/c1-2-3-6-24(20,21)16-7-12-8-19-14(11-23-9-12)15(17-18-19)13-4-5-22-10-13/h4-5,10,12,16H,2-3,6-9,11H2,1H3. The van der Waals surface area contributed by atoms with Crippen molar-refractivity contribution >= 4 is 10.0 Å². The van der Waals surface area contributed by atoms with Gasteiger partial charge in [0.05, 0.1) is 37.2 Å². The van der Waals surface area contributed by atoms with Crippen LogP contribution in [0.25, 0.3) is 11.3 Å². The van der Waals surface area contributed by atoms with E-state index in [1.165, 1.54) is 0 Å². The minimum Gasteiger partial charge on any atom is -0.472 e. The Kier molecular flexibility index (Phi) is 5.32. The van der Waals surface area contributed by atoms with Gasteiger partial charge in [0.25, 0.3) is 0 Å². The van der Waals surface area contributed by atoms with E-state index in [2.05, 4.69) is 15.0 Å². The fourth-order valence-electron chi connectivity index (χ4n) is 2.64. The molecule has 1 N–H and O–H groups in total. The SMILES string of the molecule is CCCCS(=O)(=O)NCC1COCc2c(-c3ccoc3)nnn2C1. The molecule has 0 saturated carbocycles. The van der Waals surface area contributed by atoms with E-state index in [-0.39, 0.29) is 11.7 Å². The number of rotatable bonds is 7. The molecule has 24 heavy (non-hydrogen) atoms. The third-order valence-electron chi connectivity index (χ3n) is 4.01. The summed E-state index contributed by atoms with van der Waals surface area (Å²) in [4.78, 5) is 0. The normalized spacial score (nSPS) is 18.3. The molecule has 1 unspecified atom stereocenters. The molecule has 0 saturated heterocycles. The summed E-state index contributed by atoms with van der Waals surface area (Å²) in [5.41, 5.74) is 2.49. The maximum absolute atomic E-state index is 11.9. The highest BCUT2D eigenvalue weighted by atomic mass is 32.2. The third kappa shape index (κ3) is 4.03. The number of fused-ring (bicyclic) bond motifs is 1. The number of hydrogen-bond acceptors (Lipinski definition) is 6. The molecule has 3 rings (SSSR count). The summed E-state index contributed by atoms with van der Waals surface area (Å²) >= 11 is 0. The molecule has 0 aromatic carbocycles. The first kappa shape index (κ1) is 17.1. The van der Waals surface area contributed by atoms with Crippen molar-refractivity contribution in [2.75, 3.05) is 18.9 Å². The van der Waals surface area contributed by atoms with Gasteiger partial charge in [0.1, 0.15) is 5.69 Å². The number of hydrogen-bond donors (Lipinski definition) is 1.